The van der Waals surface area contributed by atoms with E-state index in [1.54, 1.807) is 6.92 Å². The summed E-state index contributed by atoms with van der Waals surface area (Å²) in [6.07, 6.45) is 0.845. The van der Waals surface area contributed by atoms with Crippen molar-refractivity contribution in [1.29, 1.82) is 0 Å². The van der Waals surface area contributed by atoms with Crippen LogP contribution in [0.2, 0.25) is 0 Å². The lowest BCUT2D eigenvalue weighted by molar-refractivity contribution is -0.138. The van der Waals surface area contributed by atoms with Gasteiger partial charge in [0.1, 0.15) is 6.54 Å². The van der Waals surface area contributed by atoms with Gasteiger partial charge < -0.3 is 20.6 Å². The largest absolute Gasteiger partial charge is 0.480 e. The molecule has 7 heteroatoms. The third-order valence-electron chi connectivity index (χ3n) is 2.69. The SMILES string of the molecule is CCNC(=O)CCNC(=O)N(CC(=O)O)C(C)CC. The van der Waals surface area contributed by atoms with E-state index in [4.69, 9.17) is 5.11 Å². The molecule has 0 fully saturated rings. The Kier molecular flexibility index (Phi) is 8.32. The molecular weight excluding hydrogens is 250 g/mol. The van der Waals surface area contributed by atoms with Gasteiger partial charge >= 0.3 is 12.0 Å². The van der Waals surface area contributed by atoms with Gasteiger partial charge in [0.2, 0.25) is 5.91 Å². The molecule has 0 aromatic rings. The highest BCUT2D eigenvalue weighted by Gasteiger charge is 2.21. The highest BCUT2D eigenvalue weighted by molar-refractivity contribution is 5.81. The minimum absolute atomic E-state index is 0.142. The van der Waals surface area contributed by atoms with Crippen molar-refractivity contribution >= 4 is 17.9 Å². The third kappa shape index (κ3) is 7.28. The van der Waals surface area contributed by atoms with Gasteiger partial charge in [-0.25, -0.2) is 4.79 Å². The number of nitrogens with zero attached hydrogens (tertiary/aromatic N) is 1. The van der Waals surface area contributed by atoms with E-state index in [1.807, 2.05) is 13.8 Å². The maximum Gasteiger partial charge on any atom is 0.323 e. The number of carbonyl (C=O) groups excluding carboxylic acids is 2. The summed E-state index contributed by atoms with van der Waals surface area (Å²) in [5, 5.41) is 13.9. The van der Waals surface area contributed by atoms with Crippen LogP contribution < -0.4 is 10.6 Å². The van der Waals surface area contributed by atoms with Crippen LogP contribution in [0.4, 0.5) is 4.79 Å². The molecule has 0 aromatic heterocycles. The van der Waals surface area contributed by atoms with Crippen molar-refractivity contribution in [3.63, 3.8) is 0 Å². The Labute approximate surface area is 113 Å². The summed E-state index contributed by atoms with van der Waals surface area (Å²) >= 11 is 0. The van der Waals surface area contributed by atoms with Crippen molar-refractivity contribution in [1.82, 2.24) is 15.5 Å². The standard InChI is InChI=1S/C12H23N3O4/c1-4-9(3)15(8-11(17)18)12(19)14-7-6-10(16)13-5-2/h9H,4-8H2,1-3H3,(H,13,16)(H,14,19)(H,17,18). The molecular formula is C12H23N3O4. The van der Waals surface area contributed by atoms with Crippen LogP contribution in [0.1, 0.15) is 33.6 Å². The van der Waals surface area contributed by atoms with Gasteiger partial charge in [-0.15, -0.1) is 0 Å². The first kappa shape index (κ1) is 17.2. The molecule has 3 amide bonds. The zero-order valence-electron chi connectivity index (χ0n) is 11.7. The molecule has 0 aliphatic rings. The number of carboxylic acids is 1. The van der Waals surface area contributed by atoms with Gasteiger partial charge in [0.15, 0.2) is 0 Å². The Bertz CT molecular complexity index is 320. The summed E-state index contributed by atoms with van der Waals surface area (Å²) < 4.78 is 0. The van der Waals surface area contributed by atoms with E-state index < -0.39 is 12.0 Å². The van der Waals surface area contributed by atoms with Gasteiger partial charge in [-0.2, -0.15) is 0 Å². The molecule has 19 heavy (non-hydrogen) atoms. The number of nitrogens with one attached hydrogen (secondary N) is 2. The third-order valence-corrected chi connectivity index (χ3v) is 2.69. The lowest BCUT2D eigenvalue weighted by Gasteiger charge is -2.27. The Balaban J connectivity index is 4.25. The first-order valence-electron chi connectivity index (χ1n) is 6.45. The van der Waals surface area contributed by atoms with Crippen molar-refractivity contribution in [3.05, 3.63) is 0 Å². The summed E-state index contributed by atoms with van der Waals surface area (Å²) in [4.78, 5) is 35.0. The Morgan fingerprint density at radius 3 is 2.32 bits per heavy atom. The van der Waals surface area contributed by atoms with Gasteiger partial charge in [0.05, 0.1) is 0 Å². The average Bonchev–Trinajstić information content (AvgIpc) is 2.35. The van der Waals surface area contributed by atoms with Crippen LogP contribution in [-0.4, -0.2) is 53.6 Å². The predicted octanol–water partition coefficient (Wildman–Crippen LogP) is 0.407. The summed E-state index contributed by atoms with van der Waals surface area (Å²) in [7, 11) is 0. The molecule has 1 atom stereocenters. The van der Waals surface area contributed by atoms with E-state index in [9.17, 15) is 14.4 Å². The van der Waals surface area contributed by atoms with Crippen LogP contribution in [-0.2, 0) is 9.59 Å². The van der Waals surface area contributed by atoms with Crippen molar-refractivity contribution in [2.24, 2.45) is 0 Å². The van der Waals surface area contributed by atoms with Crippen molar-refractivity contribution in [3.8, 4) is 0 Å². The summed E-state index contributed by atoms with van der Waals surface area (Å²) in [6.45, 7) is 5.87. The lowest BCUT2D eigenvalue weighted by Crippen LogP contribution is -2.47. The fourth-order valence-corrected chi connectivity index (χ4v) is 1.46. The summed E-state index contributed by atoms with van der Waals surface area (Å²) in [6, 6.07) is -0.624. The van der Waals surface area contributed by atoms with E-state index in [2.05, 4.69) is 10.6 Å². The zero-order valence-corrected chi connectivity index (χ0v) is 11.7. The van der Waals surface area contributed by atoms with Crippen molar-refractivity contribution in [2.75, 3.05) is 19.6 Å². The number of carbonyl (C=O) groups is 3. The number of carboxylic acid groups (broad SMARTS) is 1. The number of aliphatic carboxylic acids is 1. The molecule has 110 valence electrons. The van der Waals surface area contributed by atoms with Crippen LogP contribution in [0.3, 0.4) is 0 Å². The first-order chi connectivity index (χ1) is 8.92. The topological polar surface area (TPSA) is 98.7 Å². The molecule has 0 aromatic carbocycles. The molecule has 0 aliphatic heterocycles. The zero-order chi connectivity index (χ0) is 14.8. The molecule has 1 unspecified atom stereocenters. The van der Waals surface area contributed by atoms with E-state index in [0.717, 1.165) is 0 Å². The Hall–Kier alpha value is -1.79. The van der Waals surface area contributed by atoms with Gasteiger partial charge in [0, 0.05) is 25.6 Å². The van der Waals surface area contributed by atoms with Crippen molar-refractivity contribution < 1.29 is 19.5 Å². The van der Waals surface area contributed by atoms with Crippen molar-refractivity contribution in [2.45, 2.75) is 39.7 Å². The minimum atomic E-state index is -1.06. The lowest BCUT2D eigenvalue weighted by atomic mass is 10.2. The number of rotatable bonds is 8. The second-order valence-corrected chi connectivity index (χ2v) is 4.21. The molecule has 0 spiro atoms. The van der Waals surface area contributed by atoms with E-state index >= 15 is 0 Å². The van der Waals surface area contributed by atoms with Crippen LogP contribution >= 0.6 is 0 Å². The van der Waals surface area contributed by atoms with Crippen LogP contribution in [0.5, 0.6) is 0 Å². The maximum absolute atomic E-state index is 11.8. The second-order valence-electron chi connectivity index (χ2n) is 4.21. The monoisotopic (exact) mass is 273 g/mol. The predicted molar refractivity (Wildman–Crippen MR) is 70.8 cm³/mol. The smallest absolute Gasteiger partial charge is 0.323 e. The molecule has 3 N–H and O–H groups in total. The van der Waals surface area contributed by atoms with Crippen LogP contribution in [0.15, 0.2) is 0 Å². The summed E-state index contributed by atoms with van der Waals surface area (Å²) in [5.41, 5.74) is 0. The average molecular weight is 273 g/mol. The first-order valence-corrected chi connectivity index (χ1v) is 6.45. The normalized spacial score (nSPS) is 11.5. The number of urea groups is 1. The van der Waals surface area contributed by atoms with E-state index in [0.29, 0.717) is 13.0 Å². The molecule has 0 saturated carbocycles. The second kappa shape index (κ2) is 9.18. The molecule has 7 nitrogen and oxygen atoms in total. The Morgan fingerprint density at radius 2 is 1.84 bits per heavy atom. The molecule has 0 rings (SSSR count). The number of hydrogen-bond acceptors (Lipinski definition) is 3. The van der Waals surface area contributed by atoms with E-state index in [1.165, 1.54) is 4.90 Å². The summed E-state index contributed by atoms with van der Waals surface area (Å²) in [5.74, 6) is -1.20. The van der Waals surface area contributed by atoms with Gasteiger partial charge in [0.25, 0.3) is 0 Å². The molecule has 0 saturated heterocycles. The number of hydrogen-bond donors (Lipinski definition) is 3. The highest BCUT2D eigenvalue weighted by atomic mass is 16.4. The molecule has 0 heterocycles. The molecule has 0 bridgehead atoms. The molecule has 0 aliphatic carbocycles. The maximum atomic E-state index is 11.8. The van der Waals surface area contributed by atoms with Gasteiger partial charge in [-0.05, 0) is 20.3 Å². The fraction of sp³-hybridized carbons (Fsp3) is 0.750. The van der Waals surface area contributed by atoms with E-state index in [-0.39, 0.29) is 31.5 Å². The van der Waals surface area contributed by atoms with Crippen LogP contribution in [0.25, 0.3) is 0 Å². The van der Waals surface area contributed by atoms with Gasteiger partial charge in [-0.1, -0.05) is 6.92 Å². The number of amides is 3. The minimum Gasteiger partial charge on any atom is -0.480 e. The van der Waals surface area contributed by atoms with Crippen LogP contribution in [0, 0.1) is 0 Å². The van der Waals surface area contributed by atoms with Gasteiger partial charge in [-0.3, -0.25) is 9.59 Å². The fourth-order valence-electron chi connectivity index (χ4n) is 1.46. The molecule has 0 radical (unpaired) electrons. The Morgan fingerprint density at radius 1 is 1.21 bits per heavy atom. The quantitative estimate of drug-likeness (QED) is 0.596. The highest BCUT2D eigenvalue weighted by Crippen LogP contribution is 2.03.